The number of esters is 1. The van der Waals surface area contributed by atoms with E-state index in [0.717, 1.165) is 9.75 Å². The lowest BCUT2D eigenvalue weighted by atomic mass is 10.2. The first-order valence-electron chi connectivity index (χ1n) is 5.43. The van der Waals surface area contributed by atoms with Gasteiger partial charge in [0, 0.05) is 15.8 Å². The van der Waals surface area contributed by atoms with Crippen LogP contribution in [-0.4, -0.2) is 24.5 Å². The van der Waals surface area contributed by atoms with Gasteiger partial charge < -0.3 is 10.1 Å². The molecular formula is C12H17NO3S. The molecule has 0 saturated heterocycles. The van der Waals surface area contributed by atoms with Crippen molar-refractivity contribution in [2.24, 2.45) is 0 Å². The Balaban J connectivity index is 2.50. The van der Waals surface area contributed by atoms with Gasteiger partial charge in [-0.15, -0.1) is 11.3 Å². The van der Waals surface area contributed by atoms with Crippen LogP contribution in [0.5, 0.6) is 0 Å². The summed E-state index contributed by atoms with van der Waals surface area (Å²) in [7, 11) is 0. The number of hydrogen-bond acceptors (Lipinski definition) is 4. The van der Waals surface area contributed by atoms with Crippen molar-refractivity contribution in [3.05, 3.63) is 21.4 Å². The Morgan fingerprint density at radius 1 is 1.41 bits per heavy atom. The van der Waals surface area contributed by atoms with Crippen molar-refractivity contribution in [3.8, 4) is 0 Å². The van der Waals surface area contributed by atoms with E-state index in [0.29, 0.717) is 5.56 Å². The molecule has 0 fully saturated rings. The Labute approximate surface area is 105 Å². The van der Waals surface area contributed by atoms with Gasteiger partial charge in [-0.1, -0.05) is 0 Å². The van der Waals surface area contributed by atoms with E-state index in [4.69, 9.17) is 4.74 Å². The molecule has 0 aliphatic rings. The number of hydrogen-bond donors (Lipinski definition) is 1. The zero-order chi connectivity index (χ0) is 13.0. The van der Waals surface area contributed by atoms with Crippen LogP contribution < -0.4 is 5.32 Å². The molecule has 1 rings (SSSR count). The maximum atomic E-state index is 11.7. The van der Waals surface area contributed by atoms with Gasteiger partial charge >= 0.3 is 5.97 Å². The maximum Gasteiger partial charge on any atom is 0.339 e. The van der Waals surface area contributed by atoms with Crippen LogP contribution in [0.3, 0.4) is 0 Å². The van der Waals surface area contributed by atoms with Crippen molar-refractivity contribution in [1.82, 2.24) is 5.32 Å². The number of ether oxygens (including phenoxy) is 1. The fourth-order valence-corrected chi connectivity index (χ4v) is 2.32. The summed E-state index contributed by atoms with van der Waals surface area (Å²) in [5.74, 6) is -0.719. The summed E-state index contributed by atoms with van der Waals surface area (Å²) in [5, 5.41) is 2.66. The maximum absolute atomic E-state index is 11.7. The highest BCUT2D eigenvalue weighted by molar-refractivity contribution is 7.12. The lowest BCUT2D eigenvalue weighted by Crippen LogP contribution is -2.34. The standard InChI is InChI=1S/C12H17NO3S/c1-7(2)13-11(14)6-16-12(15)10-5-8(3)17-9(10)4/h5,7H,6H2,1-4H3,(H,13,14). The van der Waals surface area contributed by atoms with Crippen molar-refractivity contribution < 1.29 is 14.3 Å². The second-order valence-corrected chi connectivity index (χ2v) is 5.59. The second-order valence-electron chi connectivity index (χ2n) is 4.13. The van der Waals surface area contributed by atoms with Gasteiger partial charge in [0.25, 0.3) is 5.91 Å². The Morgan fingerprint density at radius 2 is 2.06 bits per heavy atom. The zero-order valence-electron chi connectivity index (χ0n) is 10.5. The summed E-state index contributed by atoms with van der Waals surface area (Å²) in [6.45, 7) is 7.27. The first-order chi connectivity index (χ1) is 7.90. The largest absolute Gasteiger partial charge is 0.452 e. The molecule has 17 heavy (non-hydrogen) atoms. The third-order valence-corrected chi connectivity index (χ3v) is 3.01. The van der Waals surface area contributed by atoms with Crippen LogP contribution in [0.25, 0.3) is 0 Å². The number of aryl methyl sites for hydroxylation is 2. The topological polar surface area (TPSA) is 55.4 Å². The Bertz CT molecular complexity index is 423. The van der Waals surface area contributed by atoms with Gasteiger partial charge in [0.1, 0.15) is 0 Å². The lowest BCUT2D eigenvalue weighted by Gasteiger charge is -2.08. The van der Waals surface area contributed by atoms with Crippen LogP contribution in [0, 0.1) is 13.8 Å². The first kappa shape index (κ1) is 13.7. The van der Waals surface area contributed by atoms with E-state index in [1.807, 2.05) is 27.7 Å². The molecule has 0 aliphatic heterocycles. The number of rotatable bonds is 4. The quantitative estimate of drug-likeness (QED) is 0.838. The molecule has 4 nitrogen and oxygen atoms in total. The van der Waals surface area contributed by atoms with E-state index in [1.165, 1.54) is 0 Å². The van der Waals surface area contributed by atoms with Crippen molar-refractivity contribution in [2.75, 3.05) is 6.61 Å². The predicted molar refractivity (Wildman–Crippen MR) is 67.4 cm³/mol. The van der Waals surface area contributed by atoms with E-state index in [-0.39, 0.29) is 18.6 Å². The molecule has 1 aromatic heterocycles. The summed E-state index contributed by atoms with van der Waals surface area (Å²) < 4.78 is 4.94. The first-order valence-corrected chi connectivity index (χ1v) is 6.25. The summed E-state index contributed by atoms with van der Waals surface area (Å²) >= 11 is 1.54. The molecule has 1 amide bonds. The Kier molecular flexibility index (Phi) is 4.69. The Morgan fingerprint density at radius 3 is 2.53 bits per heavy atom. The molecule has 0 atom stereocenters. The van der Waals surface area contributed by atoms with Crippen LogP contribution >= 0.6 is 11.3 Å². The zero-order valence-corrected chi connectivity index (χ0v) is 11.3. The highest BCUT2D eigenvalue weighted by Crippen LogP contribution is 2.21. The normalized spacial score (nSPS) is 10.4. The number of thiophene rings is 1. The minimum atomic E-state index is -0.439. The van der Waals surface area contributed by atoms with E-state index in [1.54, 1.807) is 17.4 Å². The SMILES string of the molecule is Cc1cc(C(=O)OCC(=O)NC(C)C)c(C)s1. The third-order valence-electron chi connectivity index (χ3n) is 2.04. The molecule has 0 saturated carbocycles. The number of amides is 1. The van der Waals surface area contributed by atoms with Crippen molar-refractivity contribution in [3.63, 3.8) is 0 Å². The molecule has 1 aromatic rings. The fraction of sp³-hybridized carbons (Fsp3) is 0.500. The molecule has 0 spiro atoms. The number of carbonyl (C=O) groups is 2. The van der Waals surface area contributed by atoms with Crippen molar-refractivity contribution in [2.45, 2.75) is 33.7 Å². The third kappa shape index (κ3) is 4.19. The summed E-state index contributed by atoms with van der Waals surface area (Å²) in [4.78, 5) is 24.9. The van der Waals surface area contributed by atoms with Crippen LogP contribution in [0.4, 0.5) is 0 Å². The molecule has 94 valence electrons. The van der Waals surface area contributed by atoms with Crippen LogP contribution in [0.2, 0.25) is 0 Å². The van der Waals surface area contributed by atoms with Gasteiger partial charge in [-0.2, -0.15) is 0 Å². The van der Waals surface area contributed by atoms with Crippen LogP contribution in [0.1, 0.15) is 34.0 Å². The highest BCUT2D eigenvalue weighted by Gasteiger charge is 2.15. The van der Waals surface area contributed by atoms with Crippen molar-refractivity contribution >= 4 is 23.2 Å². The fourth-order valence-electron chi connectivity index (χ4n) is 1.41. The minimum Gasteiger partial charge on any atom is -0.452 e. The molecule has 0 radical (unpaired) electrons. The monoisotopic (exact) mass is 255 g/mol. The van der Waals surface area contributed by atoms with Gasteiger partial charge in [-0.3, -0.25) is 4.79 Å². The van der Waals surface area contributed by atoms with Gasteiger partial charge in [0.15, 0.2) is 6.61 Å². The number of nitrogens with one attached hydrogen (secondary N) is 1. The van der Waals surface area contributed by atoms with Crippen LogP contribution in [-0.2, 0) is 9.53 Å². The molecule has 0 aliphatic carbocycles. The average molecular weight is 255 g/mol. The number of carbonyl (C=O) groups excluding carboxylic acids is 2. The lowest BCUT2D eigenvalue weighted by molar-refractivity contribution is -0.124. The summed E-state index contributed by atoms with van der Waals surface area (Å²) in [6.07, 6.45) is 0. The van der Waals surface area contributed by atoms with Gasteiger partial charge in [0.2, 0.25) is 0 Å². The second kappa shape index (κ2) is 5.82. The van der Waals surface area contributed by atoms with Gasteiger partial charge in [-0.25, -0.2) is 4.79 Å². The molecular weight excluding hydrogens is 238 g/mol. The predicted octanol–water partition coefficient (Wildman–Crippen LogP) is 2.05. The van der Waals surface area contributed by atoms with E-state index >= 15 is 0 Å². The molecule has 0 unspecified atom stereocenters. The van der Waals surface area contributed by atoms with E-state index < -0.39 is 5.97 Å². The van der Waals surface area contributed by atoms with E-state index in [2.05, 4.69) is 5.32 Å². The van der Waals surface area contributed by atoms with Gasteiger partial charge in [0.05, 0.1) is 5.56 Å². The van der Waals surface area contributed by atoms with Gasteiger partial charge in [-0.05, 0) is 33.8 Å². The molecule has 0 aromatic carbocycles. The average Bonchev–Trinajstić information content (AvgIpc) is 2.53. The Hall–Kier alpha value is -1.36. The molecule has 1 heterocycles. The molecule has 0 bridgehead atoms. The summed E-state index contributed by atoms with van der Waals surface area (Å²) in [6, 6.07) is 1.83. The highest BCUT2D eigenvalue weighted by atomic mass is 32.1. The molecule has 5 heteroatoms. The van der Waals surface area contributed by atoms with Crippen LogP contribution in [0.15, 0.2) is 6.07 Å². The minimum absolute atomic E-state index is 0.0475. The summed E-state index contributed by atoms with van der Waals surface area (Å²) in [5.41, 5.74) is 0.546. The molecule has 1 N–H and O–H groups in total. The van der Waals surface area contributed by atoms with E-state index in [9.17, 15) is 9.59 Å². The van der Waals surface area contributed by atoms with Crippen molar-refractivity contribution in [1.29, 1.82) is 0 Å². The smallest absolute Gasteiger partial charge is 0.339 e.